The van der Waals surface area contributed by atoms with Crippen LogP contribution in [0.1, 0.15) is 5.56 Å². The van der Waals surface area contributed by atoms with Crippen molar-refractivity contribution in [2.75, 3.05) is 0 Å². The molecule has 0 radical (unpaired) electrons. The first-order valence-electron chi connectivity index (χ1n) is 5.89. The number of hydrogen-bond donors (Lipinski definition) is 1. The maximum Gasteiger partial charge on any atom is 0.262 e. The van der Waals surface area contributed by atoms with Gasteiger partial charge in [-0.05, 0) is 36.8 Å². The SMILES string of the molecule is Cc1cc(-c2noc(-c3ccncc3O)n2)ccc1F. The summed E-state index contributed by atoms with van der Waals surface area (Å²) in [4.78, 5) is 7.97. The Morgan fingerprint density at radius 1 is 1.25 bits per heavy atom. The summed E-state index contributed by atoms with van der Waals surface area (Å²) in [5.74, 6) is 0.184. The Hall–Kier alpha value is -2.76. The molecule has 5 nitrogen and oxygen atoms in total. The lowest BCUT2D eigenvalue weighted by atomic mass is 10.1. The van der Waals surface area contributed by atoms with Crippen molar-refractivity contribution in [1.82, 2.24) is 15.1 Å². The number of aromatic nitrogens is 3. The van der Waals surface area contributed by atoms with Crippen LogP contribution < -0.4 is 0 Å². The van der Waals surface area contributed by atoms with Gasteiger partial charge < -0.3 is 9.63 Å². The Labute approximate surface area is 113 Å². The maximum atomic E-state index is 13.2. The van der Waals surface area contributed by atoms with Crippen LogP contribution in [0.15, 0.2) is 41.2 Å². The van der Waals surface area contributed by atoms with Crippen LogP contribution in [0.2, 0.25) is 0 Å². The van der Waals surface area contributed by atoms with Crippen molar-refractivity contribution < 1.29 is 14.0 Å². The number of halogens is 1. The topological polar surface area (TPSA) is 72.0 Å². The molecule has 0 saturated heterocycles. The van der Waals surface area contributed by atoms with E-state index in [0.29, 0.717) is 22.5 Å². The van der Waals surface area contributed by atoms with Crippen LogP contribution in [0, 0.1) is 12.7 Å². The molecule has 0 aliphatic rings. The molecule has 0 fully saturated rings. The zero-order valence-electron chi connectivity index (χ0n) is 10.5. The summed E-state index contributed by atoms with van der Waals surface area (Å²) < 4.78 is 18.3. The Bertz CT molecular complexity index is 771. The van der Waals surface area contributed by atoms with Gasteiger partial charge in [0.05, 0.1) is 11.8 Å². The molecule has 1 aromatic carbocycles. The summed E-state index contributed by atoms with van der Waals surface area (Å²) in [5.41, 5.74) is 1.55. The van der Waals surface area contributed by atoms with E-state index in [0.717, 1.165) is 0 Å². The smallest absolute Gasteiger partial charge is 0.262 e. The number of hydrogen-bond acceptors (Lipinski definition) is 5. The van der Waals surface area contributed by atoms with Crippen molar-refractivity contribution in [2.24, 2.45) is 0 Å². The van der Waals surface area contributed by atoms with Crippen molar-refractivity contribution in [3.63, 3.8) is 0 Å². The molecule has 0 saturated carbocycles. The van der Waals surface area contributed by atoms with E-state index in [1.165, 1.54) is 18.5 Å². The Kier molecular flexibility index (Phi) is 2.90. The van der Waals surface area contributed by atoms with Crippen LogP contribution in [0.3, 0.4) is 0 Å². The molecule has 0 amide bonds. The quantitative estimate of drug-likeness (QED) is 0.775. The maximum absolute atomic E-state index is 13.2. The summed E-state index contributed by atoms with van der Waals surface area (Å²) >= 11 is 0. The van der Waals surface area contributed by atoms with Crippen molar-refractivity contribution in [2.45, 2.75) is 6.92 Å². The fourth-order valence-corrected chi connectivity index (χ4v) is 1.80. The van der Waals surface area contributed by atoms with Crippen LogP contribution in [-0.2, 0) is 0 Å². The minimum Gasteiger partial charge on any atom is -0.505 e. The second kappa shape index (κ2) is 4.73. The van der Waals surface area contributed by atoms with Gasteiger partial charge in [-0.1, -0.05) is 5.16 Å². The average molecular weight is 271 g/mol. The van der Waals surface area contributed by atoms with Crippen LogP contribution in [0.4, 0.5) is 4.39 Å². The highest BCUT2D eigenvalue weighted by Crippen LogP contribution is 2.28. The number of aromatic hydroxyl groups is 1. The van der Waals surface area contributed by atoms with Gasteiger partial charge >= 0.3 is 0 Å². The lowest BCUT2D eigenvalue weighted by Gasteiger charge is -1.98. The molecule has 3 rings (SSSR count). The van der Waals surface area contributed by atoms with Crippen LogP contribution >= 0.6 is 0 Å². The van der Waals surface area contributed by atoms with Crippen molar-refractivity contribution in [1.29, 1.82) is 0 Å². The lowest BCUT2D eigenvalue weighted by Crippen LogP contribution is -1.86. The molecule has 0 atom stereocenters. The monoisotopic (exact) mass is 271 g/mol. The summed E-state index contributed by atoms with van der Waals surface area (Å²) in [5, 5.41) is 13.5. The minimum absolute atomic E-state index is 0.0435. The third-order valence-electron chi connectivity index (χ3n) is 2.87. The lowest BCUT2D eigenvalue weighted by molar-refractivity contribution is 0.425. The van der Waals surface area contributed by atoms with Crippen LogP contribution in [0.25, 0.3) is 22.8 Å². The van der Waals surface area contributed by atoms with Gasteiger partial charge in [0.1, 0.15) is 11.6 Å². The molecule has 0 aliphatic carbocycles. The summed E-state index contributed by atoms with van der Waals surface area (Å²) in [6.45, 7) is 1.66. The molecule has 1 N–H and O–H groups in total. The number of pyridine rings is 1. The highest BCUT2D eigenvalue weighted by molar-refractivity contribution is 5.64. The molecular weight excluding hydrogens is 261 g/mol. The summed E-state index contributed by atoms with van der Waals surface area (Å²) in [7, 11) is 0. The van der Waals surface area contributed by atoms with E-state index >= 15 is 0 Å². The van der Waals surface area contributed by atoms with Crippen molar-refractivity contribution in [3.05, 3.63) is 48.0 Å². The van der Waals surface area contributed by atoms with E-state index in [1.807, 2.05) is 0 Å². The fraction of sp³-hybridized carbons (Fsp3) is 0.0714. The van der Waals surface area contributed by atoms with E-state index in [-0.39, 0.29) is 17.5 Å². The minimum atomic E-state index is -0.288. The van der Waals surface area contributed by atoms with Gasteiger partial charge in [0, 0.05) is 11.8 Å². The molecule has 0 spiro atoms. The number of nitrogens with zero attached hydrogens (tertiary/aromatic N) is 3. The zero-order valence-corrected chi connectivity index (χ0v) is 10.5. The average Bonchev–Trinajstić information content (AvgIpc) is 2.92. The van der Waals surface area contributed by atoms with Gasteiger partial charge in [-0.15, -0.1) is 0 Å². The Morgan fingerprint density at radius 2 is 2.10 bits per heavy atom. The van der Waals surface area contributed by atoms with Crippen molar-refractivity contribution >= 4 is 0 Å². The second-order valence-corrected chi connectivity index (χ2v) is 4.28. The van der Waals surface area contributed by atoms with Gasteiger partial charge in [0.15, 0.2) is 0 Å². The molecule has 3 aromatic rings. The molecule has 0 bridgehead atoms. The van der Waals surface area contributed by atoms with E-state index in [1.54, 1.807) is 25.1 Å². The molecule has 100 valence electrons. The second-order valence-electron chi connectivity index (χ2n) is 4.28. The predicted molar refractivity (Wildman–Crippen MR) is 69.3 cm³/mol. The fourth-order valence-electron chi connectivity index (χ4n) is 1.80. The first-order chi connectivity index (χ1) is 9.65. The number of benzene rings is 1. The van der Waals surface area contributed by atoms with Gasteiger partial charge in [-0.2, -0.15) is 4.98 Å². The Balaban J connectivity index is 2.02. The molecular formula is C14H10FN3O2. The van der Waals surface area contributed by atoms with E-state index in [2.05, 4.69) is 15.1 Å². The largest absolute Gasteiger partial charge is 0.505 e. The number of rotatable bonds is 2. The highest BCUT2D eigenvalue weighted by Gasteiger charge is 2.14. The first-order valence-corrected chi connectivity index (χ1v) is 5.89. The van der Waals surface area contributed by atoms with E-state index in [9.17, 15) is 9.50 Å². The third kappa shape index (κ3) is 2.11. The van der Waals surface area contributed by atoms with E-state index in [4.69, 9.17) is 4.52 Å². The molecule has 6 heteroatoms. The van der Waals surface area contributed by atoms with Gasteiger partial charge in [-0.25, -0.2) is 4.39 Å². The van der Waals surface area contributed by atoms with Crippen LogP contribution in [0.5, 0.6) is 5.75 Å². The van der Waals surface area contributed by atoms with Gasteiger partial charge in [-0.3, -0.25) is 4.98 Å². The molecule has 0 unspecified atom stereocenters. The van der Waals surface area contributed by atoms with Gasteiger partial charge in [0.25, 0.3) is 5.89 Å². The predicted octanol–water partition coefficient (Wildman–Crippen LogP) is 2.95. The first kappa shape index (κ1) is 12.3. The normalized spacial score (nSPS) is 10.7. The molecule has 0 aliphatic heterocycles. The molecule has 2 aromatic heterocycles. The highest BCUT2D eigenvalue weighted by atomic mass is 19.1. The van der Waals surface area contributed by atoms with Crippen molar-refractivity contribution in [3.8, 4) is 28.6 Å². The zero-order chi connectivity index (χ0) is 14.1. The molecule has 20 heavy (non-hydrogen) atoms. The number of aryl methyl sites for hydroxylation is 1. The standard InChI is InChI=1S/C14H10FN3O2/c1-8-6-9(2-3-11(8)15)13-17-14(20-18-13)10-4-5-16-7-12(10)19/h2-7,19H,1H3. The van der Waals surface area contributed by atoms with E-state index < -0.39 is 0 Å². The Morgan fingerprint density at radius 3 is 2.85 bits per heavy atom. The van der Waals surface area contributed by atoms with Crippen LogP contribution in [-0.4, -0.2) is 20.2 Å². The van der Waals surface area contributed by atoms with Gasteiger partial charge in [0.2, 0.25) is 5.82 Å². The summed E-state index contributed by atoms with van der Waals surface area (Å²) in [6, 6.07) is 6.13. The summed E-state index contributed by atoms with van der Waals surface area (Å²) in [6.07, 6.45) is 2.81. The third-order valence-corrected chi connectivity index (χ3v) is 2.87. The molecule has 2 heterocycles.